The summed E-state index contributed by atoms with van der Waals surface area (Å²) in [7, 11) is 0. The Hall–Kier alpha value is -17.5. The van der Waals surface area contributed by atoms with Crippen molar-refractivity contribution >= 4 is 292 Å². The highest BCUT2D eigenvalue weighted by Crippen LogP contribution is 2.52. The predicted molar refractivity (Wildman–Crippen MR) is 581 cm³/mol. The second-order valence-electron chi connectivity index (χ2n) is 36.2. The second kappa shape index (κ2) is 29.0. The molecule has 33 aromatic rings. The fourth-order valence-electron chi connectivity index (χ4n) is 22.8. The summed E-state index contributed by atoms with van der Waals surface area (Å²) in [6.07, 6.45) is 0. The highest BCUT2D eigenvalue weighted by atomic mass is 32.1. The van der Waals surface area contributed by atoms with Crippen LogP contribution < -0.4 is 0 Å². The summed E-state index contributed by atoms with van der Waals surface area (Å²) >= 11 is 5.56. The summed E-state index contributed by atoms with van der Waals surface area (Å²) in [6, 6.07) is 150. The van der Waals surface area contributed by atoms with Crippen LogP contribution in [0.1, 0.15) is 0 Å². The van der Waals surface area contributed by atoms with E-state index in [9.17, 15) is 0 Å². The van der Waals surface area contributed by atoms with Crippen molar-refractivity contribution in [3.63, 3.8) is 0 Å². The molecular weight excluding hydrogens is 1750 g/mol. The molecule has 0 fully saturated rings. The number of benzene rings is 21. The smallest absolute Gasteiger partial charge is 0.143 e. The summed E-state index contributed by atoms with van der Waals surface area (Å²) in [5, 5.41) is 28.7. The maximum Gasteiger partial charge on any atom is 0.143 e. The number of hydrogen-bond donors (Lipinski definition) is 0. The minimum absolute atomic E-state index is 0.907. The zero-order chi connectivity index (χ0) is 89.8. The molecule has 0 unspecified atom stereocenters. The SMILES string of the molecule is c1ccc2c(c1)oc1c(-c3cccc4c3sc3ccc(-n5c6ccccc6c6c7c(ccc65)oc5ccccc57)cc34)cccc12.c1ccc2c(c1)oc1cc3c(cc12)c1ccccc1n3-c1ccc2sc3c(-c4cccc5c4oc4ccccc45)cccc3c2c1.c1ccc2c(c1)oc1cc3c4ccccc4n(-c4ccc5sc6c(-c7cccc8c7oc7ccccc78)cccc6c5c4)c3cc12. The molecule has 9 nitrogen and oxygen atoms in total. The lowest BCUT2D eigenvalue weighted by atomic mass is 10.00. The van der Waals surface area contributed by atoms with Crippen molar-refractivity contribution in [2.75, 3.05) is 0 Å². The highest BCUT2D eigenvalue weighted by Gasteiger charge is 2.27. The van der Waals surface area contributed by atoms with Crippen LogP contribution in [0.5, 0.6) is 0 Å². The third-order valence-electron chi connectivity index (χ3n) is 28.8. The molecule has 0 bridgehead atoms. The zero-order valence-electron chi connectivity index (χ0n) is 73.4. The van der Waals surface area contributed by atoms with Crippen LogP contribution in [-0.2, 0) is 0 Å². The molecule has 21 aromatic carbocycles. The Balaban J connectivity index is 0.0000000959. The van der Waals surface area contributed by atoms with Crippen molar-refractivity contribution in [3.05, 3.63) is 419 Å². The van der Waals surface area contributed by atoms with Crippen molar-refractivity contribution in [2.24, 2.45) is 0 Å². The number of nitrogens with zero attached hydrogens (tertiary/aromatic N) is 3. The average molecular weight is 1820 g/mol. The van der Waals surface area contributed by atoms with E-state index in [1.807, 2.05) is 82.5 Å². The summed E-state index contributed by atoms with van der Waals surface area (Å²) in [6.45, 7) is 0. The van der Waals surface area contributed by atoms with E-state index in [1.165, 1.54) is 142 Å². The van der Waals surface area contributed by atoms with Gasteiger partial charge in [-0.1, -0.05) is 273 Å². The van der Waals surface area contributed by atoms with E-state index in [-0.39, 0.29) is 0 Å². The molecule has 33 rings (SSSR count). The normalized spacial score (nSPS) is 12.3. The third-order valence-corrected chi connectivity index (χ3v) is 32.5. The van der Waals surface area contributed by atoms with Gasteiger partial charge in [-0.25, -0.2) is 0 Å². The minimum atomic E-state index is 0.907. The van der Waals surface area contributed by atoms with Crippen LogP contribution >= 0.6 is 34.0 Å². The van der Waals surface area contributed by atoms with Gasteiger partial charge >= 0.3 is 0 Å². The van der Waals surface area contributed by atoms with Gasteiger partial charge in [0.1, 0.15) is 67.0 Å². The van der Waals surface area contributed by atoms with Crippen LogP contribution in [-0.4, -0.2) is 13.7 Å². The number of para-hydroxylation sites is 12. The molecule has 0 aliphatic carbocycles. The number of rotatable bonds is 6. The molecule has 0 spiro atoms. The first-order chi connectivity index (χ1) is 68.4. The van der Waals surface area contributed by atoms with Gasteiger partial charge in [0.05, 0.1) is 33.1 Å². The van der Waals surface area contributed by atoms with Crippen molar-refractivity contribution in [2.45, 2.75) is 0 Å². The molecule has 0 aliphatic rings. The first kappa shape index (κ1) is 76.0. The molecule has 0 saturated heterocycles. The number of thiophene rings is 3. The van der Waals surface area contributed by atoms with Gasteiger partial charge in [0.25, 0.3) is 0 Å². The van der Waals surface area contributed by atoms with E-state index >= 15 is 0 Å². The summed E-state index contributed by atoms with van der Waals surface area (Å²) in [4.78, 5) is 0. The van der Waals surface area contributed by atoms with Crippen molar-refractivity contribution < 1.29 is 26.5 Å². The van der Waals surface area contributed by atoms with Gasteiger partial charge in [0.2, 0.25) is 0 Å². The Morgan fingerprint density at radius 1 is 0.145 bits per heavy atom. The third kappa shape index (κ3) is 11.0. The maximum absolute atomic E-state index is 6.46. The Morgan fingerprint density at radius 2 is 0.449 bits per heavy atom. The summed E-state index contributed by atoms with van der Waals surface area (Å²) in [5.41, 5.74) is 28.6. The summed E-state index contributed by atoms with van der Waals surface area (Å²) < 4.78 is 53.1. The van der Waals surface area contributed by atoms with E-state index in [1.54, 1.807) is 0 Å². The zero-order valence-corrected chi connectivity index (χ0v) is 75.8. The van der Waals surface area contributed by atoms with E-state index in [4.69, 9.17) is 26.5 Å². The molecule has 0 atom stereocenters. The van der Waals surface area contributed by atoms with Gasteiger partial charge in [0, 0.05) is 214 Å². The van der Waals surface area contributed by atoms with Gasteiger partial charge in [0.15, 0.2) is 0 Å². The highest BCUT2D eigenvalue weighted by molar-refractivity contribution is 7.27. The summed E-state index contributed by atoms with van der Waals surface area (Å²) in [5.74, 6) is 0. The number of fused-ring (bicyclic) bond motifs is 37. The lowest BCUT2D eigenvalue weighted by Crippen LogP contribution is -1.93. The Kier molecular flexibility index (Phi) is 16.0. The maximum atomic E-state index is 6.46. The molecule has 12 heteroatoms. The van der Waals surface area contributed by atoms with Crippen LogP contribution in [0.2, 0.25) is 0 Å². The number of aromatic nitrogens is 3. The van der Waals surface area contributed by atoms with Crippen LogP contribution in [0.15, 0.2) is 445 Å². The number of furan rings is 6. The van der Waals surface area contributed by atoms with E-state index < -0.39 is 0 Å². The van der Waals surface area contributed by atoms with Crippen LogP contribution in [0.25, 0.3) is 308 Å². The molecular formula is C126H69N3O6S3. The van der Waals surface area contributed by atoms with Gasteiger partial charge in [-0.15, -0.1) is 34.0 Å². The van der Waals surface area contributed by atoms with E-state index in [0.29, 0.717) is 0 Å². The Labute approximate surface area is 794 Å². The second-order valence-corrected chi connectivity index (χ2v) is 39.3. The topological polar surface area (TPSA) is 93.6 Å². The Bertz CT molecular complexity index is 10900. The van der Waals surface area contributed by atoms with Gasteiger partial charge in [-0.2, -0.15) is 0 Å². The van der Waals surface area contributed by atoms with Crippen LogP contribution in [0.4, 0.5) is 0 Å². The molecule has 0 N–H and O–H groups in total. The van der Waals surface area contributed by atoms with Gasteiger partial charge < -0.3 is 40.2 Å². The van der Waals surface area contributed by atoms with Crippen LogP contribution in [0, 0.1) is 0 Å². The molecule has 0 aliphatic heterocycles. The van der Waals surface area contributed by atoms with Gasteiger partial charge in [-0.3, -0.25) is 0 Å². The molecule has 12 aromatic heterocycles. The fourth-order valence-corrected chi connectivity index (χ4v) is 26.4. The lowest BCUT2D eigenvalue weighted by Gasteiger charge is -2.08. The van der Waals surface area contributed by atoms with E-state index in [0.717, 1.165) is 166 Å². The van der Waals surface area contributed by atoms with Crippen molar-refractivity contribution in [1.82, 2.24) is 13.7 Å². The average Bonchev–Trinajstić information content (AvgIpc) is 1.55. The monoisotopic (exact) mass is 1820 g/mol. The fraction of sp³-hybridized carbons (Fsp3) is 0. The van der Waals surface area contributed by atoms with Crippen LogP contribution in [0.3, 0.4) is 0 Å². The van der Waals surface area contributed by atoms with Gasteiger partial charge in [-0.05, 0) is 140 Å². The molecule has 0 amide bonds. The largest absolute Gasteiger partial charge is 0.456 e. The molecule has 0 saturated carbocycles. The quantitative estimate of drug-likeness (QED) is 0.165. The molecule has 138 heavy (non-hydrogen) atoms. The lowest BCUT2D eigenvalue weighted by molar-refractivity contribution is 0.669. The van der Waals surface area contributed by atoms with Crippen molar-refractivity contribution in [3.8, 4) is 50.4 Å². The molecule has 12 heterocycles. The van der Waals surface area contributed by atoms with Crippen molar-refractivity contribution in [1.29, 1.82) is 0 Å². The molecule has 642 valence electrons. The molecule has 0 radical (unpaired) electrons. The minimum Gasteiger partial charge on any atom is -0.456 e. The predicted octanol–water partition coefficient (Wildman–Crippen LogP) is 37.9. The first-order valence-corrected chi connectivity index (χ1v) is 49.0. The first-order valence-electron chi connectivity index (χ1n) is 46.5. The Morgan fingerprint density at radius 3 is 0.884 bits per heavy atom. The van der Waals surface area contributed by atoms with E-state index in [2.05, 4.69) is 384 Å². The number of hydrogen-bond acceptors (Lipinski definition) is 9. The standard InChI is InChI=1S/3C42H23NO2S/c1-4-16-35-25(9-1)32-23-39-33(27-11-3-5-17-37(27)44-39)22-36(32)43(35)24-19-20-40-34(21-24)31-15-8-14-30(42(31)46-40)29-13-7-12-28-26-10-2-6-18-38(26)45-41(28)29;1-4-16-35-25(9-1)32-22-33-27-11-3-5-17-37(27)44-39(33)23-36(32)43(35)24-19-20-40-34(21-24)31-15-8-14-30(42(31)46-40)29-13-7-12-28-26-10-2-6-18-38(26)45-41(28)29;1-4-16-33-30(10-1)39-34(20-21-37-40(39)31-11-3-6-18-36(31)44-37)43(33)24-19-22-38-32(23-24)29-15-8-14-28(42(29)46-38)27-13-7-12-26-25-9-2-5-17-35(25)45-41(26)27/h3*1-23H.